The number of nitrogens with zero attached hydrogens (tertiary/aromatic N) is 2. The molecule has 0 saturated carbocycles. The Labute approximate surface area is 127 Å². The largest absolute Gasteiger partial charge is 0.348 e. The molecule has 122 valence electrons. The molecule has 1 atom stereocenters. The average Bonchev–Trinajstić information content (AvgIpc) is 2.35. The number of carbonyl (C=O) groups excluding carboxylic acids is 3. The number of amides is 2. The molecule has 1 unspecified atom stereocenters. The number of hydrogen-bond acceptors (Lipinski definition) is 4. The molecule has 0 aliphatic carbocycles. The molecule has 6 heteroatoms. The lowest BCUT2D eigenvalue weighted by Gasteiger charge is -2.25. The van der Waals surface area contributed by atoms with Gasteiger partial charge in [-0.15, -0.1) is 0 Å². The van der Waals surface area contributed by atoms with E-state index in [2.05, 4.69) is 5.32 Å². The van der Waals surface area contributed by atoms with Crippen molar-refractivity contribution in [3.05, 3.63) is 0 Å². The zero-order chi connectivity index (χ0) is 16.6. The fourth-order valence-corrected chi connectivity index (χ4v) is 2.02. The maximum atomic E-state index is 12.1. The van der Waals surface area contributed by atoms with E-state index in [0.29, 0.717) is 6.54 Å². The van der Waals surface area contributed by atoms with Gasteiger partial charge in [-0.2, -0.15) is 0 Å². The summed E-state index contributed by atoms with van der Waals surface area (Å²) in [7, 11) is 3.38. The second kappa shape index (κ2) is 9.50. The van der Waals surface area contributed by atoms with Crippen LogP contribution in [0.2, 0.25) is 0 Å². The Bertz CT molecular complexity index is 367. The van der Waals surface area contributed by atoms with E-state index < -0.39 is 6.04 Å². The van der Waals surface area contributed by atoms with Crippen LogP contribution in [0.1, 0.15) is 34.1 Å². The first-order valence-electron chi connectivity index (χ1n) is 7.41. The average molecular weight is 299 g/mol. The maximum absolute atomic E-state index is 12.1. The lowest BCUT2D eigenvalue weighted by Crippen LogP contribution is -2.49. The number of ketones is 1. The Kier molecular flexibility index (Phi) is 8.85. The van der Waals surface area contributed by atoms with Gasteiger partial charge >= 0.3 is 0 Å². The molecule has 0 bridgehead atoms. The highest BCUT2D eigenvalue weighted by Crippen LogP contribution is 2.03. The second-order valence-corrected chi connectivity index (χ2v) is 5.90. The molecule has 0 aliphatic heterocycles. The van der Waals surface area contributed by atoms with Crippen LogP contribution < -0.4 is 5.32 Å². The maximum Gasteiger partial charge on any atom is 0.236 e. The smallest absolute Gasteiger partial charge is 0.236 e. The van der Waals surface area contributed by atoms with Gasteiger partial charge in [-0.1, -0.05) is 20.8 Å². The minimum absolute atomic E-state index is 0.0387. The van der Waals surface area contributed by atoms with Crippen LogP contribution in [0, 0.1) is 5.92 Å². The number of Topliss-reactive ketones (excluding diaryl/α,β-unsaturated/α-hetero) is 1. The Hall–Kier alpha value is -1.43. The molecule has 21 heavy (non-hydrogen) atoms. The third-order valence-electron chi connectivity index (χ3n) is 3.19. The number of carbonyl (C=O) groups is 3. The summed E-state index contributed by atoms with van der Waals surface area (Å²) < 4.78 is 0. The molecule has 0 heterocycles. The van der Waals surface area contributed by atoms with E-state index in [0.717, 1.165) is 6.42 Å². The van der Waals surface area contributed by atoms with Crippen LogP contribution in [0.3, 0.4) is 0 Å². The minimum atomic E-state index is -0.467. The van der Waals surface area contributed by atoms with Crippen LogP contribution in [-0.4, -0.2) is 67.2 Å². The molecule has 1 N–H and O–H groups in total. The summed E-state index contributed by atoms with van der Waals surface area (Å²) in [6.07, 6.45) is 0.855. The van der Waals surface area contributed by atoms with Gasteiger partial charge in [0.15, 0.2) is 5.78 Å². The van der Waals surface area contributed by atoms with Gasteiger partial charge in [0.25, 0.3) is 0 Å². The molecular weight excluding hydrogens is 270 g/mol. The van der Waals surface area contributed by atoms with E-state index in [1.165, 1.54) is 11.8 Å². The van der Waals surface area contributed by atoms with Crippen molar-refractivity contribution in [1.29, 1.82) is 0 Å². The second-order valence-electron chi connectivity index (χ2n) is 5.90. The summed E-state index contributed by atoms with van der Waals surface area (Å²) in [5.74, 6) is -0.258. The van der Waals surface area contributed by atoms with Crippen molar-refractivity contribution >= 4 is 17.6 Å². The van der Waals surface area contributed by atoms with Gasteiger partial charge in [0, 0.05) is 14.1 Å². The molecule has 0 radical (unpaired) electrons. The molecule has 0 aliphatic rings. The number of hydrogen-bond donors (Lipinski definition) is 1. The van der Waals surface area contributed by atoms with Crippen LogP contribution in [0.15, 0.2) is 0 Å². The monoisotopic (exact) mass is 299 g/mol. The van der Waals surface area contributed by atoms with Crippen LogP contribution in [0.25, 0.3) is 0 Å². The van der Waals surface area contributed by atoms with E-state index in [-0.39, 0.29) is 36.6 Å². The minimum Gasteiger partial charge on any atom is -0.348 e. The van der Waals surface area contributed by atoms with E-state index >= 15 is 0 Å². The van der Waals surface area contributed by atoms with Gasteiger partial charge in [-0.05, 0) is 25.8 Å². The molecule has 0 aromatic rings. The van der Waals surface area contributed by atoms with Gasteiger partial charge in [-0.25, -0.2) is 0 Å². The Balaban J connectivity index is 4.59. The van der Waals surface area contributed by atoms with Gasteiger partial charge < -0.3 is 10.2 Å². The summed E-state index contributed by atoms with van der Waals surface area (Å²) in [6, 6.07) is -0.467. The summed E-state index contributed by atoms with van der Waals surface area (Å²) >= 11 is 0. The lowest BCUT2D eigenvalue weighted by atomic mass is 10.0. The van der Waals surface area contributed by atoms with E-state index in [1.54, 1.807) is 19.0 Å². The quantitative estimate of drug-likeness (QED) is 0.674. The standard InChI is InChI=1S/C15H29N3O3/c1-7-8-18(10-14(21)17(5)6)9-13(20)16-15(11(2)3)12(4)19/h11,15H,7-10H2,1-6H3,(H,16,20). The number of nitrogens with one attached hydrogen (secondary N) is 1. The molecule has 0 spiro atoms. The topological polar surface area (TPSA) is 69.7 Å². The lowest BCUT2D eigenvalue weighted by molar-refractivity contribution is -0.132. The molecule has 6 nitrogen and oxygen atoms in total. The summed E-state index contributed by atoms with van der Waals surface area (Å²) in [6.45, 7) is 8.27. The first-order chi connectivity index (χ1) is 9.68. The molecule has 0 saturated heterocycles. The molecule has 0 aromatic heterocycles. The molecule has 2 amide bonds. The number of rotatable bonds is 9. The highest BCUT2D eigenvalue weighted by Gasteiger charge is 2.22. The normalized spacial score (nSPS) is 12.4. The Morgan fingerprint density at radius 1 is 1.10 bits per heavy atom. The van der Waals surface area contributed by atoms with Crippen LogP contribution in [0.5, 0.6) is 0 Å². The molecule has 0 rings (SSSR count). The van der Waals surface area contributed by atoms with Crippen molar-refractivity contribution in [2.45, 2.75) is 40.2 Å². The predicted octanol–water partition coefficient (Wildman–Crippen LogP) is 0.516. The van der Waals surface area contributed by atoms with E-state index in [4.69, 9.17) is 0 Å². The van der Waals surface area contributed by atoms with E-state index in [1.807, 2.05) is 20.8 Å². The molecule has 0 fully saturated rings. The third kappa shape index (κ3) is 7.80. The Morgan fingerprint density at radius 3 is 2.05 bits per heavy atom. The SMILES string of the molecule is CCCN(CC(=O)NC(C(C)=O)C(C)C)CC(=O)N(C)C. The summed E-state index contributed by atoms with van der Waals surface area (Å²) in [5.41, 5.74) is 0. The van der Waals surface area contributed by atoms with Crippen molar-refractivity contribution in [3.8, 4) is 0 Å². The van der Waals surface area contributed by atoms with Crippen molar-refractivity contribution in [2.24, 2.45) is 5.92 Å². The van der Waals surface area contributed by atoms with Gasteiger partial charge in [0.05, 0.1) is 19.1 Å². The fraction of sp³-hybridized carbons (Fsp3) is 0.800. The number of likely N-dealkylation sites (N-methyl/N-ethyl adjacent to an activating group) is 1. The summed E-state index contributed by atoms with van der Waals surface area (Å²) in [4.78, 5) is 38.6. The van der Waals surface area contributed by atoms with Gasteiger partial charge in [0.2, 0.25) is 11.8 Å². The van der Waals surface area contributed by atoms with Crippen molar-refractivity contribution < 1.29 is 14.4 Å². The first kappa shape index (κ1) is 19.6. The van der Waals surface area contributed by atoms with Crippen LogP contribution >= 0.6 is 0 Å². The van der Waals surface area contributed by atoms with Gasteiger partial charge in [0.1, 0.15) is 0 Å². The zero-order valence-corrected chi connectivity index (χ0v) is 14.1. The van der Waals surface area contributed by atoms with Crippen LogP contribution in [0.4, 0.5) is 0 Å². The van der Waals surface area contributed by atoms with Crippen molar-refractivity contribution in [3.63, 3.8) is 0 Å². The third-order valence-corrected chi connectivity index (χ3v) is 3.19. The van der Waals surface area contributed by atoms with E-state index in [9.17, 15) is 14.4 Å². The molecular formula is C15H29N3O3. The van der Waals surface area contributed by atoms with Gasteiger partial charge in [-0.3, -0.25) is 19.3 Å². The molecule has 0 aromatic carbocycles. The zero-order valence-electron chi connectivity index (χ0n) is 14.1. The summed E-state index contributed by atoms with van der Waals surface area (Å²) in [5, 5.41) is 2.75. The Morgan fingerprint density at radius 2 is 1.67 bits per heavy atom. The van der Waals surface area contributed by atoms with Crippen LogP contribution in [-0.2, 0) is 14.4 Å². The van der Waals surface area contributed by atoms with Crippen molar-refractivity contribution in [1.82, 2.24) is 15.1 Å². The highest BCUT2D eigenvalue weighted by molar-refractivity contribution is 5.88. The van der Waals surface area contributed by atoms with Crippen molar-refractivity contribution in [2.75, 3.05) is 33.7 Å². The predicted molar refractivity (Wildman–Crippen MR) is 82.9 cm³/mol. The highest BCUT2D eigenvalue weighted by atomic mass is 16.2. The fourth-order valence-electron chi connectivity index (χ4n) is 2.02. The first-order valence-corrected chi connectivity index (χ1v) is 7.41.